The third kappa shape index (κ3) is 17.2. The summed E-state index contributed by atoms with van der Waals surface area (Å²) in [7, 11) is 0. The Balaban J connectivity index is 1.08. The van der Waals surface area contributed by atoms with Crippen LogP contribution in [0.5, 0.6) is 5.75 Å². The van der Waals surface area contributed by atoms with Crippen LogP contribution in [0.2, 0.25) is 0 Å². The molecule has 0 spiro atoms. The number of nitrogens with one attached hydrogen (secondary N) is 10. The number of rotatable bonds is 29. The molecule has 0 bridgehead atoms. The second-order valence-corrected chi connectivity index (χ2v) is 20.5. The third-order valence-corrected chi connectivity index (χ3v) is 14.7. The lowest BCUT2D eigenvalue weighted by Crippen LogP contribution is -2.60. The summed E-state index contributed by atoms with van der Waals surface area (Å²) >= 11 is 0. The van der Waals surface area contributed by atoms with Gasteiger partial charge >= 0.3 is 5.97 Å². The van der Waals surface area contributed by atoms with Crippen molar-refractivity contribution >= 4 is 70.8 Å². The zero-order chi connectivity index (χ0) is 60.3. The number of aliphatic carboxylic acids is 1. The number of nitrogens with two attached hydrogens (primary N) is 2. The lowest BCUT2D eigenvalue weighted by Gasteiger charge is -2.33. The van der Waals surface area contributed by atoms with E-state index in [9.17, 15) is 68.1 Å². The molecule has 3 aliphatic rings. The van der Waals surface area contributed by atoms with Crippen LogP contribution in [-0.2, 0) is 56.0 Å². The lowest BCUT2D eigenvalue weighted by molar-refractivity contribution is -0.147. The molecule has 17 N–H and O–H groups in total. The highest BCUT2D eigenvalue weighted by molar-refractivity contribution is 5.98. The number of guanidine groups is 2. The van der Waals surface area contributed by atoms with E-state index in [0.717, 1.165) is 4.90 Å². The van der Waals surface area contributed by atoms with Gasteiger partial charge in [-0.15, -0.1) is 0 Å². The van der Waals surface area contributed by atoms with Crippen molar-refractivity contribution in [2.75, 3.05) is 51.2 Å². The van der Waals surface area contributed by atoms with Gasteiger partial charge in [-0.1, -0.05) is 60.7 Å². The maximum atomic E-state index is 14.2. The highest BCUT2D eigenvalue weighted by Crippen LogP contribution is 2.28. The largest absolute Gasteiger partial charge is 0.502 e. The molecule has 29 nitrogen and oxygen atoms in total. The number of carboxylic acid groups (broad SMARTS) is 1. The fourth-order valence-corrected chi connectivity index (χ4v) is 10.4. The molecule has 3 aromatic carbocycles. The van der Waals surface area contributed by atoms with Crippen LogP contribution in [0, 0.1) is 10.8 Å². The number of nitrogens with zero attached hydrogens (tertiary/aromatic N) is 3. The number of likely N-dealkylation sites (tertiary alicyclic amines) is 3. The molecule has 8 amide bonds. The molecule has 3 aliphatic heterocycles. The van der Waals surface area contributed by atoms with Crippen molar-refractivity contribution in [3.05, 3.63) is 92.2 Å². The second-order valence-electron chi connectivity index (χ2n) is 20.5. The van der Waals surface area contributed by atoms with Crippen molar-refractivity contribution in [2.24, 2.45) is 11.5 Å². The van der Waals surface area contributed by atoms with Crippen LogP contribution in [-0.4, -0.2) is 189 Å². The number of amides is 8. The van der Waals surface area contributed by atoms with Gasteiger partial charge in [-0.05, 0) is 75.3 Å². The molecule has 0 aromatic heterocycles. The average Bonchev–Trinajstić information content (AvgIpc) is 4.38. The minimum atomic E-state index is -1.62. The van der Waals surface area contributed by atoms with Gasteiger partial charge in [0.05, 0.1) is 13.2 Å². The van der Waals surface area contributed by atoms with Crippen molar-refractivity contribution in [1.82, 2.24) is 51.9 Å². The van der Waals surface area contributed by atoms with Crippen LogP contribution in [0.3, 0.4) is 0 Å². The maximum absolute atomic E-state index is 14.2. The van der Waals surface area contributed by atoms with Crippen molar-refractivity contribution in [1.29, 1.82) is 10.8 Å². The molecule has 29 heteroatoms. The Morgan fingerprint density at radius 3 is 1.57 bits per heavy atom. The Hall–Kier alpha value is -9.15. The van der Waals surface area contributed by atoms with E-state index in [4.69, 9.17) is 22.3 Å². The van der Waals surface area contributed by atoms with Gasteiger partial charge in [0.2, 0.25) is 47.3 Å². The topological polar surface area (TPSA) is 454 Å². The SMILES string of the molecule is N=C(N)NCCCC(NC(=O)C(Cc1ccccc1)NC(=O)C1CCCN1C(=O)C(CO)NC(=O)C(Cc1ccccc1)NC(=O)CNC(=O)C1CCCN1C(=O)C1CCCN1C(=O)C(CCCNC(=N)N)Nc1c(O)c(=O)c1=O)C(=O)O. The van der Waals surface area contributed by atoms with Gasteiger partial charge in [-0.25, -0.2) is 4.79 Å². The van der Waals surface area contributed by atoms with Crippen LogP contribution >= 0.6 is 0 Å². The van der Waals surface area contributed by atoms with Crippen molar-refractivity contribution in [3.8, 4) is 5.75 Å². The summed E-state index contributed by atoms with van der Waals surface area (Å²) in [4.78, 5) is 152. The van der Waals surface area contributed by atoms with E-state index in [-0.39, 0.29) is 102 Å². The summed E-state index contributed by atoms with van der Waals surface area (Å²) in [5, 5.41) is 65.9. The van der Waals surface area contributed by atoms with Crippen LogP contribution in [0.15, 0.2) is 70.3 Å². The summed E-state index contributed by atoms with van der Waals surface area (Å²) < 4.78 is 0. The van der Waals surface area contributed by atoms with Crippen LogP contribution in [0.4, 0.5) is 5.69 Å². The molecule has 0 aliphatic carbocycles. The monoisotopic (exact) mass is 1160 g/mol. The van der Waals surface area contributed by atoms with Gasteiger partial charge in [0, 0.05) is 45.6 Å². The molecule has 83 heavy (non-hydrogen) atoms. The summed E-state index contributed by atoms with van der Waals surface area (Å²) in [5.74, 6) is -8.74. The summed E-state index contributed by atoms with van der Waals surface area (Å²) in [6.07, 6.45) is 2.06. The van der Waals surface area contributed by atoms with E-state index >= 15 is 0 Å². The molecule has 6 rings (SSSR count). The van der Waals surface area contributed by atoms with Crippen LogP contribution in [0.1, 0.15) is 75.3 Å². The number of aliphatic hydroxyl groups is 1. The van der Waals surface area contributed by atoms with Gasteiger partial charge in [0.15, 0.2) is 17.7 Å². The predicted molar refractivity (Wildman–Crippen MR) is 299 cm³/mol. The molecular formula is C54H73N15O14. The van der Waals surface area contributed by atoms with E-state index in [2.05, 4.69) is 42.5 Å². The molecule has 0 radical (unpaired) electrons. The summed E-state index contributed by atoms with van der Waals surface area (Å²) in [5.41, 5.74) is 9.36. The third-order valence-electron chi connectivity index (χ3n) is 14.7. The highest BCUT2D eigenvalue weighted by atomic mass is 16.4. The van der Waals surface area contributed by atoms with Crippen molar-refractivity contribution in [3.63, 3.8) is 0 Å². The van der Waals surface area contributed by atoms with Gasteiger partial charge in [0.25, 0.3) is 10.9 Å². The van der Waals surface area contributed by atoms with Gasteiger partial charge < -0.3 is 84.0 Å². The minimum absolute atomic E-state index is 0.0250. The zero-order valence-electron chi connectivity index (χ0n) is 45.7. The Morgan fingerprint density at radius 2 is 1.05 bits per heavy atom. The number of carboxylic acids is 1. The number of aliphatic hydroxyl groups excluding tert-OH is 1. The number of benzene rings is 2. The summed E-state index contributed by atoms with van der Waals surface area (Å²) in [6, 6.07) is 7.03. The van der Waals surface area contributed by atoms with Gasteiger partial charge in [-0.3, -0.25) is 58.8 Å². The standard InChI is InChI=1S/C54H73N15O14/c55-53(56)59-21-7-16-32(63-41-42(72)44(74)43(41)73)49(79)69-25-11-20-39(69)51(81)68-24-9-18-37(68)47(77)61-28-40(71)62-34(26-30-12-3-1-4-13-30)45(75)66-36(29-70)50(80)67-23-10-19-38(67)48(78)65-35(27-31-14-5-2-6-15-31)46(76)64-33(52(82)83)17-8-22-60-54(57)58/h1-6,12-15,32-39,63,70,72H,7-11,16-29H2,(H,61,77)(H,62,71)(H,64,76)(H,65,78)(H,66,75)(H,82,83)(H4,55,56,59)(H4,57,58,60). The molecule has 3 heterocycles. The normalized spacial score (nSPS) is 18.4. The summed E-state index contributed by atoms with van der Waals surface area (Å²) in [6.45, 7) is -0.927. The molecule has 0 saturated carbocycles. The quantitative estimate of drug-likeness (QED) is 0.0136. The Labute approximate surface area is 476 Å². The smallest absolute Gasteiger partial charge is 0.326 e. The molecule has 3 saturated heterocycles. The van der Waals surface area contributed by atoms with E-state index in [1.807, 2.05) is 0 Å². The first kappa shape index (κ1) is 63.0. The highest BCUT2D eigenvalue weighted by Gasteiger charge is 2.45. The van der Waals surface area contributed by atoms with E-state index in [1.165, 1.54) is 9.80 Å². The fourth-order valence-electron chi connectivity index (χ4n) is 10.4. The van der Waals surface area contributed by atoms with E-state index in [0.29, 0.717) is 30.4 Å². The number of carbonyl (C=O) groups excluding carboxylic acids is 8. The number of hydrogen-bond acceptors (Lipinski definition) is 16. The molecule has 448 valence electrons. The Morgan fingerprint density at radius 1 is 0.578 bits per heavy atom. The number of aromatic hydroxyl groups is 1. The second kappa shape index (κ2) is 30.1. The van der Waals surface area contributed by atoms with Crippen molar-refractivity contribution in [2.45, 2.75) is 125 Å². The number of anilines is 1. The first-order valence-corrected chi connectivity index (χ1v) is 27.4. The van der Waals surface area contributed by atoms with Gasteiger partial charge in [-0.2, -0.15) is 0 Å². The molecule has 8 unspecified atom stereocenters. The first-order valence-electron chi connectivity index (χ1n) is 27.4. The van der Waals surface area contributed by atoms with Gasteiger partial charge in [0.1, 0.15) is 54.0 Å². The predicted octanol–water partition coefficient (Wildman–Crippen LogP) is -4.11. The lowest BCUT2D eigenvalue weighted by atomic mass is 10.0. The van der Waals surface area contributed by atoms with E-state index < -0.39 is 137 Å². The molecule has 8 atom stereocenters. The first-order chi connectivity index (χ1) is 39.7. The van der Waals surface area contributed by atoms with E-state index in [1.54, 1.807) is 60.7 Å². The molecule has 3 fully saturated rings. The zero-order valence-corrected chi connectivity index (χ0v) is 45.7. The Kier molecular flexibility index (Phi) is 22.8. The van der Waals surface area contributed by atoms with Crippen LogP contribution < -0.4 is 64.9 Å². The van der Waals surface area contributed by atoms with Crippen molar-refractivity contribution < 1.29 is 58.5 Å². The Bertz CT molecular complexity index is 2920. The molecular weight excluding hydrogens is 1080 g/mol. The minimum Gasteiger partial charge on any atom is -0.502 e. The maximum Gasteiger partial charge on any atom is 0.326 e. The molecule has 3 aromatic rings. The number of carbonyl (C=O) groups is 9. The van der Waals surface area contributed by atoms with Crippen LogP contribution in [0.25, 0.3) is 0 Å². The number of hydrogen-bond donors (Lipinski definition) is 15. The average molecular weight is 1160 g/mol. The fraction of sp³-hybridized carbons (Fsp3) is 0.500.